The molecule has 2 aromatic rings. The van der Waals surface area contributed by atoms with Gasteiger partial charge in [0.25, 0.3) is 0 Å². The fourth-order valence-electron chi connectivity index (χ4n) is 4.32. The third-order valence-corrected chi connectivity index (χ3v) is 6.04. The van der Waals surface area contributed by atoms with Crippen molar-refractivity contribution >= 4 is 11.5 Å². The molecule has 28 heavy (non-hydrogen) atoms. The molecule has 4 rings (SSSR count). The number of hydrogen-bond donors (Lipinski definition) is 1. The zero-order valence-corrected chi connectivity index (χ0v) is 16.7. The van der Waals surface area contributed by atoms with Crippen molar-refractivity contribution in [3.63, 3.8) is 0 Å². The van der Waals surface area contributed by atoms with Crippen molar-refractivity contribution < 1.29 is 4.79 Å². The lowest BCUT2D eigenvalue weighted by atomic mass is 9.97. The molecular weight excluding hydrogens is 346 g/mol. The lowest BCUT2D eigenvalue weighted by Gasteiger charge is -2.36. The summed E-state index contributed by atoms with van der Waals surface area (Å²) < 4.78 is 0. The second kappa shape index (κ2) is 9.35. The van der Waals surface area contributed by atoms with E-state index in [1.54, 1.807) is 0 Å². The molecule has 4 heteroatoms. The summed E-state index contributed by atoms with van der Waals surface area (Å²) in [5.74, 6) is 0.294. The minimum atomic E-state index is 0.294. The molecule has 2 aliphatic rings. The van der Waals surface area contributed by atoms with E-state index < -0.39 is 0 Å². The van der Waals surface area contributed by atoms with Crippen LogP contribution in [0, 0.1) is 0 Å². The predicted octanol–water partition coefficient (Wildman–Crippen LogP) is 3.16. The Labute approximate surface area is 168 Å². The van der Waals surface area contributed by atoms with E-state index >= 15 is 0 Å². The van der Waals surface area contributed by atoms with Crippen LogP contribution in [0.4, 0.5) is 5.69 Å². The van der Waals surface area contributed by atoms with E-state index in [9.17, 15) is 4.79 Å². The van der Waals surface area contributed by atoms with Gasteiger partial charge in [0.2, 0.25) is 0 Å². The number of rotatable bonds is 6. The normalized spacial score (nSPS) is 17.8. The summed E-state index contributed by atoms with van der Waals surface area (Å²) in [6.07, 6.45) is 3.69. The highest BCUT2D eigenvalue weighted by atomic mass is 16.1. The Bertz CT molecular complexity index is 782. The van der Waals surface area contributed by atoms with Crippen LogP contribution in [0.15, 0.2) is 48.5 Å². The lowest BCUT2D eigenvalue weighted by molar-refractivity contribution is 0.0974. The summed E-state index contributed by atoms with van der Waals surface area (Å²) in [6.45, 7) is 7.36. The first-order valence-corrected chi connectivity index (χ1v) is 10.7. The van der Waals surface area contributed by atoms with Crippen LogP contribution in [0.3, 0.4) is 0 Å². The molecular formula is C24H31N3O. The summed E-state index contributed by atoms with van der Waals surface area (Å²) >= 11 is 0. The lowest BCUT2D eigenvalue weighted by Crippen LogP contribution is -2.46. The highest BCUT2D eigenvalue weighted by Gasteiger charge is 2.17. The monoisotopic (exact) mass is 377 g/mol. The molecule has 2 heterocycles. The van der Waals surface area contributed by atoms with Gasteiger partial charge in [-0.15, -0.1) is 0 Å². The first kappa shape index (κ1) is 19.2. The Morgan fingerprint density at radius 3 is 2.43 bits per heavy atom. The standard InChI is InChI=1S/C24H31N3O/c28-24(22-9-8-20-10-12-25-13-11-21(20)19-22)7-4-14-26-15-17-27(18-16-26)23-5-2-1-3-6-23/h1-3,5-6,8-9,19,25H,4,7,10-18H2. The number of ketones is 1. The number of benzene rings is 2. The summed E-state index contributed by atoms with van der Waals surface area (Å²) in [5.41, 5.74) is 4.97. The van der Waals surface area contributed by atoms with Crippen molar-refractivity contribution in [1.82, 2.24) is 10.2 Å². The van der Waals surface area contributed by atoms with Crippen LogP contribution in [0.5, 0.6) is 0 Å². The fourth-order valence-corrected chi connectivity index (χ4v) is 4.32. The van der Waals surface area contributed by atoms with E-state index in [-0.39, 0.29) is 0 Å². The zero-order chi connectivity index (χ0) is 19.2. The molecule has 1 fully saturated rings. The highest BCUT2D eigenvalue weighted by Crippen LogP contribution is 2.18. The molecule has 2 aromatic carbocycles. The maximum atomic E-state index is 12.7. The summed E-state index contributed by atoms with van der Waals surface area (Å²) in [5, 5.41) is 3.43. The first-order valence-electron chi connectivity index (χ1n) is 10.7. The molecule has 4 nitrogen and oxygen atoms in total. The van der Waals surface area contributed by atoms with Crippen molar-refractivity contribution in [2.45, 2.75) is 25.7 Å². The van der Waals surface area contributed by atoms with E-state index in [0.717, 1.165) is 70.6 Å². The average molecular weight is 378 g/mol. The van der Waals surface area contributed by atoms with Crippen LogP contribution in [0.2, 0.25) is 0 Å². The third-order valence-electron chi connectivity index (χ3n) is 6.04. The van der Waals surface area contributed by atoms with Crippen molar-refractivity contribution in [3.05, 3.63) is 65.2 Å². The van der Waals surface area contributed by atoms with E-state index in [0.29, 0.717) is 12.2 Å². The summed E-state index contributed by atoms with van der Waals surface area (Å²) in [6, 6.07) is 17.0. The molecule has 2 aliphatic heterocycles. The van der Waals surface area contributed by atoms with Crippen LogP contribution in [0.1, 0.15) is 34.3 Å². The number of nitrogens with one attached hydrogen (secondary N) is 1. The molecule has 1 saturated heterocycles. The van der Waals surface area contributed by atoms with Gasteiger partial charge in [-0.3, -0.25) is 9.69 Å². The Kier molecular flexibility index (Phi) is 6.40. The molecule has 0 unspecified atom stereocenters. The van der Waals surface area contributed by atoms with Crippen LogP contribution in [-0.4, -0.2) is 56.5 Å². The van der Waals surface area contributed by atoms with Gasteiger partial charge in [-0.2, -0.15) is 0 Å². The largest absolute Gasteiger partial charge is 0.369 e. The molecule has 0 aromatic heterocycles. The molecule has 0 aliphatic carbocycles. The minimum Gasteiger partial charge on any atom is -0.369 e. The molecule has 148 valence electrons. The Morgan fingerprint density at radius 2 is 1.64 bits per heavy atom. The van der Waals surface area contributed by atoms with Gasteiger partial charge >= 0.3 is 0 Å². The number of Topliss-reactive ketones (excluding diaryl/α,β-unsaturated/α-hetero) is 1. The minimum absolute atomic E-state index is 0.294. The second-order valence-corrected chi connectivity index (χ2v) is 7.92. The number of anilines is 1. The number of hydrogen-bond acceptors (Lipinski definition) is 4. The van der Waals surface area contributed by atoms with Crippen LogP contribution < -0.4 is 10.2 Å². The Hall–Kier alpha value is -2.17. The van der Waals surface area contributed by atoms with Gasteiger partial charge in [0, 0.05) is 43.9 Å². The number of nitrogens with zero attached hydrogens (tertiary/aromatic N) is 2. The van der Waals surface area contributed by atoms with Crippen molar-refractivity contribution in [3.8, 4) is 0 Å². The van der Waals surface area contributed by atoms with Gasteiger partial charge in [0.15, 0.2) is 5.78 Å². The zero-order valence-electron chi connectivity index (χ0n) is 16.7. The van der Waals surface area contributed by atoms with Gasteiger partial charge in [-0.1, -0.05) is 30.3 Å². The second-order valence-electron chi connectivity index (χ2n) is 7.92. The van der Waals surface area contributed by atoms with Gasteiger partial charge in [-0.25, -0.2) is 0 Å². The maximum absolute atomic E-state index is 12.7. The molecule has 0 spiro atoms. The molecule has 0 bridgehead atoms. The van der Waals surface area contributed by atoms with E-state index in [1.807, 2.05) is 6.07 Å². The van der Waals surface area contributed by atoms with Gasteiger partial charge < -0.3 is 10.2 Å². The average Bonchev–Trinajstić information content (AvgIpc) is 2.99. The van der Waals surface area contributed by atoms with Gasteiger partial charge in [-0.05, 0) is 68.2 Å². The maximum Gasteiger partial charge on any atom is 0.162 e. The quantitative estimate of drug-likeness (QED) is 0.785. The SMILES string of the molecule is O=C(CCCN1CCN(c2ccccc2)CC1)c1ccc2c(c1)CCNCC2. The first-order chi connectivity index (χ1) is 13.8. The van der Waals surface area contributed by atoms with Crippen LogP contribution in [0.25, 0.3) is 0 Å². The molecule has 0 saturated carbocycles. The third kappa shape index (κ3) is 4.81. The van der Waals surface area contributed by atoms with Gasteiger partial charge in [0.1, 0.15) is 0 Å². The van der Waals surface area contributed by atoms with Crippen LogP contribution in [-0.2, 0) is 12.8 Å². The molecule has 0 atom stereocenters. The topological polar surface area (TPSA) is 35.6 Å². The van der Waals surface area contributed by atoms with Crippen LogP contribution >= 0.6 is 0 Å². The Balaban J connectivity index is 1.22. The van der Waals surface area contributed by atoms with Crippen molar-refractivity contribution in [2.24, 2.45) is 0 Å². The number of piperazine rings is 1. The molecule has 0 radical (unpaired) electrons. The van der Waals surface area contributed by atoms with Crippen molar-refractivity contribution in [1.29, 1.82) is 0 Å². The number of para-hydroxylation sites is 1. The summed E-state index contributed by atoms with van der Waals surface area (Å²) in [4.78, 5) is 17.6. The highest BCUT2D eigenvalue weighted by molar-refractivity contribution is 5.96. The fraction of sp³-hybridized carbons (Fsp3) is 0.458. The van der Waals surface area contributed by atoms with Crippen molar-refractivity contribution in [2.75, 3.05) is 50.7 Å². The van der Waals surface area contributed by atoms with E-state index in [4.69, 9.17) is 0 Å². The molecule has 1 N–H and O–H groups in total. The Morgan fingerprint density at radius 1 is 0.893 bits per heavy atom. The predicted molar refractivity (Wildman–Crippen MR) is 115 cm³/mol. The summed E-state index contributed by atoms with van der Waals surface area (Å²) in [7, 11) is 0. The number of fused-ring (bicyclic) bond motifs is 1. The van der Waals surface area contributed by atoms with E-state index in [2.05, 4.69) is 57.6 Å². The molecule has 0 amide bonds. The van der Waals surface area contributed by atoms with Gasteiger partial charge in [0.05, 0.1) is 0 Å². The van der Waals surface area contributed by atoms with E-state index in [1.165, 1.54) is 16.8 Å². The number of carbonyl (C=O) groups excluding carboxylic acids is 1. The number of carbonyl (C=O) groups is 1. The smallest absolute Gasteiger partial charge is 0.162 e.